The van der Waals surface area contributed by atoms with Crippen molar-refractivity contribution in [1.82, 2.24) is 4.98 Å². The van der Waals surface area contributed by atoms with E-state index in [2.05, 4.69) is 9.72 Å². The van der Waals surface area contributed by atoms with Gasteiger partial charge in [-0.1, -0.05) is 0 Å². The van der Waals surface area contributed by atoms with Gasteiger partial charge < -0.3 is 9.84 Å². The van der Waals surface area contributed by atoms with Gasteiger partial charge in [-0.25, -0.2) is 9.78 Å². The third-order valence-electron chi connectivity index (χ3n) is 1.49. The molecule has 0 saturated heterocycles. The van der Waals surface area contributed by atoms with E-state index in [1.807, 2.05) is 0 Å². The molecule has 1 aromatic heterocycles. The van der Waals surface area contributed by atoms with Crippen molar-refractivity contribution in [3.63, 3.8) is 0 Å². The fraction of sp³-hybridized carbons (Fsp3) is 0.500. The molecule has 16 heavy (non-hydrogen) atoms. The van der Waals surface area contributed by atoms with E-state index in [-0.39, 0.29) is 17.9 Å². The molecular weight excluding hydrogens is 247 g/mol. The molecule has 0 aliphatic rings. The Labute approximate surface area is 92.7 Å². The Bertz CT molecular complexity index is 364. The summed E-state index contributed by atoms with van der Waals surface area (Å²) in [6.07, 6.45) is -2.99. The molecule has 0 aliphatic heterocycles. The molecule has 0 bridgehead atoms. The number of ether oxygens (including phenoxy) is 1. The normalized spacial score (nSPS) is 11.7. The Hall–Kier alpha value is -1.15. The van der Waals surface area contributed by atoms with Crippen molar-refractivity contribution in [2.75, 3.05) is 13.2 Å². The molecule has 4 nitrogen and oxygen atoms in total. The topological polar surface area (TPSA) is 59.4 Å². The highest BCUT2D eigenvalue weighted by molar-refractivity contribution is 7.13. The summed E-state index contributed by atoms with van der Waals surface area (Å²) in [7, 11) is 0. The van der Waals surface area contributed by atoms with Gasteiger partial charge in [-0.15, -0.1) is 11.3 Å². The van der Waals surface area contributed by atoms with Gasteiger partial charge >= 0.3 is 12.1 Å². The number of rotatable bonds is 5. The average molecular weight is 255 g/mol. The Kier molecular flexibility index (Phi) is 4.25. The summed E-state index contributed by atoms with van der Waals surface area (Å²) in [5, 5.41) is 9.01. The van der Waals surface area contributed by atoms with E-state index >= 15 is 0 Å². The van der Waals surface area contributed by atoms with E-state index in [4.69, 9.17) is 5.11 Å². The highest BCUT2D eigenvalue weighted by atomic mass is 32.1. The molecule has 0 saturated carbocycles. The molecule has 0 aliphatic carbocycles. The molecule has 0 fully saturated rings. The molecule has 1 rings (SSSR count). The van der Waals surface area contributed by atoms with Crippen molar-refractivity contribution in [3.05, 3.63) is 16.1 Å². The number of alkyl halides is 3. The van der Waals surface area contributed by atoms with Crippen LogP contribution in [-0.2, 0) is 11.2 Å². The van der Waals surface area contributed by atoms with E-state index in [1.54, 1.807) is 0 Å². The predicted molar refractivity (Wildman–Crippen MR) is 49.7 cm³/mol. The summed E-state index contributed by atoms with van der Waals surface area (Å²) in [6.45, 7) is -1.43. The fourth-order valence-corrected chi connectivity index (χ4v) is 1.61. The van der Waals surface area contributed by atoms with Gasteiger partial charge in [0.25, 0.3) is 0 Å². The highest BCUT2D eigenvalue weighted by Gasteiger charge is 2.27. The Morgan fingerprint density at radius 3 is 2.75 bits per heavy atom. The summed E-state index contributed by atoms with van der Waals surface area (Å²) < 4.78 is 39.4. The fourth-order valence-electron chi connectivity index (χ4n) is 0.872. The first-order chi connectivity index (χ1) is 7.38. The lowest BCUT2D eigenvalue weighted by Gasteiger charge is -2.05. The van der Waals surface area contributed by atoms with Gasteiger partial charge in [-0.05, 0) is 0 Å². The summed E-state index contributed by atoms with van der Waals surface area (Å²) in [5.74, 6) is -1.10. The third-order valence-corrected chi connectivity index (χ3v) is 2.54. The van der Waals surface area contributed by atoms with E-state index in [9.17, 15) is 18.0 Å². The van der Waals surface area contributed by atoms with Gasteiger partial charge in [-0.2, -0.15) is 13.2 Å². The lowest BCUT2D eigenvalue weighted by molar-refractivity contribution is -0.173. The van der Waals surface area contributed by atoms with Crippen molar-refractivity contribution in [3.8, 4) is 0 Å². The highest BCUT2D eigenvalue weighted by Crippen LogP contribution is 2.16. The molecule has 0 amide bonds. The lowest BCUT2D eigenvalue weighted by Crippen LogP contribution is -2.17. The van der Waals surface area contributed by atoms with Gasteiger partial charge in [0.1, 0.15) is 11.5 Å². The van der Waals surface area contributed by atoms with E-state index in [1.165, 1.54) is 6.20 Å². The molecule has 0 aromatic carbocycles. The largest absolute Gasteiger partial charge is 0.477 e. The number of carboxylic acids is 1. The van der Waals surface area contributed by atoms with Crippen LogP contribution >= 0.6 is 11.3 Å². The number of thiazole rings is 1. The number of hydrogen-bond acceptors (Lipinski definition) is 4. The van der Waals surface area contributed by atoms with Crippen molar-refractivity contribution in [2.24, 2.45) is 0 Å². The molecule has 8 heteroatoms. The molecule has 0 atom stereocenters. The summed E-state index contributed by atoms with van der Waals surface area (Å²) >= 11 is 0.927. The minimum absolute atomic E-state index is 0.0609. The smallest absolute Gasteiger partial charge is 0.411 e. The molecule has 0 unspecified atom stereocenters. The molecule has 1 heterocycles. The SMILES string of the molecule is O=C(O)c1cnc(CCOCC(F)(F)F)s1. The number of hydrogen-bond donors (Lipinski definition) is 1. The van der Waals surface area contributed by atoms with Crippen LogP contribution in [0.2, 0.25) is 0 Å². The second kappa shape index (κ2) is 5.26. The standard InChI is InChI=1S/C8H8F3NO3S/c9-8(10,11)4-15-2-1-6-12-3-5(16-6)7(13)14/h3H,1-2,4H2,(H,13,14). The van der Waals surface area contributed by atoms with E-state index in [0.29, 0.717) is 5.01 Å². The quantitative estimate of drug-likeness (QED) is 0.817. The van der Waals surface area contributed by atoms with Gasteiger partial charge in [0.05, 0.1) is 17.8 Å². The second-order valence-electron chi connectivity index (χ2n) is 2.84. The Morgan fingerprint density at radius 1 is 1.56 bits per heavy atom. The third kappa shape index (κ3) is 4.58. The van der Waals surface area contributed by atoms with Crippen LogP contribution in [0.25, 0.3) is 0 Å². The van der Waals surface area contributed by atoms with Crippen LogP contribution in [0.15, 0.2) is 6.20 Å². The Morgan fingerprint density at radius 2 is 2.25 bits per heavy atom. The lowest BCUT2D eigenvalue weighted by atomic mass is 10.5. The maximum atomic E-state index is 11.7. The van der Waals surface area contributed by atoms with Crippen molar-refractivity contribution < 1.29 is 27.8 Å². The summed E-state index contributed by atoms with van der Waals surface area (Å²) in [4.78, 5) is 14.3. The first kappa shape index (κ1) is 12.9. The summed E-state index contributed by atoms with van der Waals surface area (Å²) in [5.41, 5.74) is 0. The second-order valence-corrected chi connectivity index (χ2v) is 3.96. The summed E-state index contributed by atoms with van der Waals surface area (Å²) in [6, 6.07) is 0. The molecule has 1 aromatic rings. The number of carboxylic acid groups (broad SMARTS) is 1. The minimum atomic E-state index is -4.34. The first-order valence-corrected chi connectivity index (χ1v) is 5.02. The molecule has 1 N–H and O–H groups in total. The number of halogens is 3. The zero-order valence-corrected chi connectivity index (χ0v) is 8.77. The average Bonchev–Trinajstić information content (AvgIpc) is 2.59. The van der Waals surface area contributed by atoms with Crippen molar-refractivity contribution in [2.45, 2.75) is 12.6 Å². The number of aromatic nitrogens is 1. The van der Waals surface area contributed by atoms with Gasteiger partial charge in [0.15, 0.2) is 0 Å². The van der Waals surface area contributed by atoms with Crippen molar-refractivity contribution >= 4 is 17.3 Å². The maximum absolute atomic E-state index is 11.7. The maximum Gasteiger partial charge on any atom is 0.411 e. The van der Waals surface area contributed by atoms with Crippen LogP contribution < -0.4 is 0 Å². The van der Waals surface area contributed by atoms with Crippen LogP contribution in [0.4, 0.5) is 13.2 Å². The van der Waals surface area contributed by atoms with Crippen LogP contribution in [0.5, 0.6) is 0 Å². The van der Waals surface area contributed by atoms with E-state index in [0.717, 1.165) is 11.3 Å². The van der Waals surface area contributed by atoms with Crippen molar-refractivity contribution in [1.29, 1.82) is 0 Å². The van der Waals surface area contributed by atoms with E-state index < -0.39 is 18.8 Å². The Balaban J connectivity index is 2.30. The molecule has 0 spiro atoms. The monoisotopic (exact) mass is 255 g/mol. The zero-order valence-electron chi connectivity index (χ0n) is 7.95. The number of nitrogens with zero attached hydrogens (tertiary/aromatic N) is 1. The van der Waals surface area contributed by atoms with Crippen LogP contribution in [0.3, 0.4) is 0 Å². The zero-order chi connectivity index (χ0) is 12.2. The minimum Gasteiger partial charge on any atom is -0.477 e. The first-order valence-electron chi connectivity index (χ1n) is 4.21. The molecule has 90 valence electrons. The van der Waals surface area contributed by atoms with Gasteiger partial charge in [-0.3, -0.25) is 0 Å². The van der Waals surface area contributed by atoms with Gasteiger partial charge in [0, 0.05) is 6.42 Å². The number of carbonyl (C=O) groups is 1. The predicted octanol–water partition coefficient (Wildman–Crippen LogP) is 1.96. The van der Waals surface area contributed by atoms with Gasteiger partial charge in [0.2, 0.25) is 0 Å². The van der Waals surface area contributed by atoms with Crippen LogP contribution in [0.1, 0.15) is 14.7 Å². The molecule has 0 radical (unpaired) electrons. The van der Waals surface area contributed by atoms with Crippen LogP contribution in [-0.4, -0.2) is 35.4 Å². The van der Waals surface area contributed by atoms with Crippen LogP contribution in [0, 0.1) is 0 Å². The number of aromatic carboxylic acids is 1. The molecular formula is C8H8F3NO3S.